The number of anilines is 1. The molecule has 0 aliphatic rings. The number of carbonyl (C=O) groups is 1. The number of hydrogen-bond donors (Lipinski definition) is 1. The van der Waals surface area contributed by atoms with Gasteiger partial charge >= 0.3 is 0 Å². The van der Waals surface area contributed by atoms with Crippen LogP contribution in [0.2, 0.25) is 0 Å². The molecule has 3 rings (SSSR count). The van der Waals surface area contributed by atoms with Crippen LogP contribution in [0.5, 0.6) is 0 Å². The van der Waals surface area contributed by atoms with Crippen LogP contribution in [-0.2, 0) is 4.79 Å². The van der Waals surface area contributed by atoms with E-state index in [4.69, 9.17) is 0 Å². The molecule has 0 radical (unpaired) electrons. The summed E-state index contributed by atoms with van der Waals surface area (Å²) >= 11 is 2.54. The third-order valence-electron chi connectivity index (χ3n) is 3.99. The fraction of sp³-hybridized carbons (Fsp3) is 0.278. The van der Waals surface area contributed by atoms with E-state index in [-0.39, 0.29) is 28.9 Å². The fourth-order valence-electron chi connectivity index (χ4n) is 2.46. The quantitative estimate of drug-likeness (QED) is 0.503. The first-order chi connectivity index (χ1) is 12.5. The second kappa shape index (κ2) is 8.01. The van der Waals surface area contributed by atoms with Crippen LogP contribution in [0.4, 0.5) is 10.1 Å². The Morgan fingerprint density at radius 3 is 2.88 bits per heavy atom. The van der Waals surface area contributed by atoms with Gasteiger partial charge in [-0.15, -0.1) is 11.3 Å². The molecule has 3 aromatic rings. The SMILES string of the molecule is CC[C@H](C)n1c(SCC(=O)Nc2ccccc2F)nc2ccsc2c1=O. The fourth-order valence-corrected chi connectivity index (χ4v) is 4.12. The average Bonchev–Trinajstić information content (AvgIpc) is 3.10. The van der Waals surface area contributed by atoms with Crippen molar-refractivity contribution in [3.8, 4) is 0 Å². The molecule has 1 atom stereocenters. The van der Waals surface area contributed by atoms with Gasteiger partial charge in [0.1, 0.15) is 10.5 Å². The smallest absolute Gasteiger partial charge is 0.272 e. The monoisotopic (exact) mass is 391 g/mol. The highest BCUT2D eigenvalue weighted by Crippen LogP contribution is 2.24. The topological polar surface area (TPSA) is 64.0 Å². The van der Waals surface area contributed by atoms with Crippen molar-refractivity contribution in [1.29, 1.82) is 0 Å². The lowest BCUT2D eigenvalue weighted by molar-refractivity contribution is -0.113. The number of hydrogen-bond acceptors (Lipinski definition) is 5. The zero-order chi connectivity index (χ0) is 18.7. The van der Waals surface area contributed by atoms with Crippen molar-refractivity contribution in [1.82, 2.24) is 9.55 Å². The molecule has 2 heterocycles. The van der Waals surface area contributed by atoms with E-state index in [1.54, 1.807) is 22.8 Å². The van der Waals surface area contributed by atoms with Crippen LogP contribution in [0, 0.1) is 5.82 Å². The highest BCUT2D eigenvalue weighted by molar-refractivity contribution is 7.99. The molecule has 1 N–H and O–H groups in total. The first kappa shape index (κ1) is 18.6. The summed E-state index contributed by atoms with van der Waals surface area (Å²) in [5.74, 6) is -0.803. The van der Waals surface area contributed by atoms with Gasteiger partial charge in [-0.1, -0.05) is 30.8 Å². The van der Waals surface area contributed by atoms with Gasteiger partial charge < -0.3 is 5.32 Å². The summed E-state index contributed by atoms with van der Waals surface area (Å²) in [5, 5.41) is 4.87. The molecular weight excluding hydrogens is 373 g/mol. The third kappa shape index (κ3) is 3.81. The highest BCUT2D eigenvalue weighted by Gasteiger charge is 2.17. The Bertz CT molecular complexity index is 1000. The zero-order valence-electron chi connectivity index (χ0n) is 14.4. The molecule has 0 saturated carbocycles. The summed E-state index contributed by atoms with van der Waals surface area (Å²) < 4.78 is 15.9. The molecule has 8 heteroatoms. The molecule has 0 unspecified atom stereocenters. The number of nitrogens with one attached hydrogen (secondary N) is 1. The van der Waals surface area contributed by atoms with Gasteiger partial charge in [-0.2, -0.15) is 0 Å². The van der Waals surface area contributed by atoms with E-state index >= 15 is 0 Å². The largest absolute Gasteiger partial charge is 0.323 e. The molecule has 0 aliphatic heterocycles. The van der Waals surface area contributed by atoms with Crippen LogP contribution < -0.4 is 10.9 Å². The van der Waals surface area contributed by atoms with Crippen molar-refractivity contribution in [3.05, 3.63) is 51.9 Å². The summed E-state index contributed by atoms with van der Waals surface area (Å²) in [6.07, 6.45) is 0.771. The Labute approximate surface area is 158 Å². The summed E-state index contributed by atoms with van der Waals surface area (Å²) in [6.45, 7) is 3.95. The van der Waals surface area contributed by atoms with Crippen LogP contribution in [0.3, 0.4) is 0 Å². The van der Waals surface area contributed by atoms with E-state index in [0.29, 0.717) is 15.4 Å². The normalized spacial score (nSPS) is 12.3. The summed E-state index contributed by atoms with van der Waals surface area (Å²) in [4.78, 5) is 29.5. The number of thioether (sulfide) groups is 1. The molecule has 0 aliphatic carbocycles. The second-order valence-electron chi connectivity index (χ2n) is 5.78. The first-order valence-electron chi connectivity index (χ1n) is 8.18. The molecule has 0 fully saturated rings. The van der Waals surface area contributed by atoms with Crippen LogP contribution in [-0.4, -0.2) is 21.2 Å². The number of nitrogens with zero attached hydrogens (tertiary/aromatic N) is 2. The van der Waals surface area contributed by atoms with E-state index in [1.165, 1.54) is 35.2 Å². The molecule has 1 amide bonds. The summed E-state index contributed by atoms with van der Waals surface area (Å²) in [5.41, 5.74) is 0.687. The van der Waals surface area contributed by atoms with Crippen molar-refractivity contribution >= 4 is 44.9 Å². The number of thiophene rings is 1. The minimum Gasteiger partial charge on any atom is -0.323 e. The molecule has 0 spiro atoms. The first-order valence-corrected chi connectivity index (χ1v) is 10.0. The number of rotatable bonds is 6. The maximum absolute atomic E-state index is 13.6. The molecule has 26 heavy (non-hydrogen) atoms. The van der Waals surface area contributed by atoms with Gasteiger partial charge in [0.15, 0.2) is 5.16 Å². The lowest BCUT2D eigenvalue weighted by atomic mass is 10.2. The number of fused-ring (bicyclic) bond motifs is 1. The maximum Gasteiger partial charge on any atom is 0.272 e. The molecular formula is C18H18FN3O2S2. The molecule has 136 valence electrons. The van der Waals surface area contributed by atoms with Crippen LogP contribution in [0.1, 0.15) is 26.3 Å². The van der Waals surface area contributed by atoms with E-state index in [0.717, 1.165) is 6.42 Å². The second-order valence-corrected chi connectivity index (χ2v) is 7.64. The standard InChI is InChI=1S/C18H18FN3O2S2/c1-3-11(2)22-17(24)16-14(8-9-25-16)21-18(22)26-10-15(23)20-13-7-5-4-6-12(13)19/h4-9,11H,3,10H2,1-2H3,(H,20,23)/t11-/m0/s1. The van der Waals surface area contributed by atoms with Gasteiger partial charge in [-0.3, -0.25) is 14.2 Å². The Morgan fingerprint density at radius 1 is 1.38 bits per heavy atom. The minimum absolute atomic E-state index is 0.0290. The summed E-state index contributed by atoms with van der Waals surface area (Å²) in [7, 11) is 0. The Morgan fingerprint density at radius 2 is 2.15 bits per heavy atom. The Hall–Kier alpha value is -2.19. The van der Waals surface area contributed by atoms with E-state index in [2.05, 4.69) is 10.3 Å². The molecule has 5 nitrogen and oxygen atoms in total. The van der Waals surface area contributed by atoms with Crippen molar-refractivity contribution in [2.45, 2.75) is 31.5 Å². The number of aromatic nitrogens is 2. The number of para-hydroxylation sites is 1. The summed E-state index contributed by atoms with van der Waals surface area (Å²) in [6, 6.07) is 7.77. The number of halogens is 1. The minimum atomic E-state index is -0.486. The lowest BCUT2D eigenvalue weighted by Gasteiger charge is -2.17. The predicted octanol–water partition coefficient (Wildman–Crippen LogP) is 4.30. The van der Waals surface area contributed by atoms with Gasteiger partial charge in [-0.05, 0) is 36.9 Å². The maximum atomic E-state index is 13.6. The Kier molecular flexibility index (Phi) is 5.73. The Balaban J connectivity index is 1.83. The molecule has 0 saturated heterocycles. The van der Waals surface area contributed by atoms with Gasteiger partial charge in [0, 0.05) is 6.04 Å². The number of carbonyl (C=O) groups excluding carboxylic acids is 1. The van der Waals surface area contributed by atoms with Crippen molar-refractivity contribution in [3.63, 3.8) is 0 Å². The lowest BCUT2D eigenvalue weighted by Crippen LogP contribution is -2.26. The van der Waals surface area contributed by atoms with E-state index < -0.39 is 5.82 Å². The van der Waals surface area contributed by atoms with Crippen LogP contribution in [0.25, 0.3) is 10.2 Å². The number of benzene rings is 1. The highest BCUT2D eigenvalue weighted by atomic mass is 32.2. The predicted molar refractivity (Wildman–Crippen MR) is 105 cm³/mol. The van der Waals surface area contributed by atoms with Gasteiger partial charge in [0.2, 0.25) is 5.91 Å². The van der Waals surface area contributed by atoms with Gasteiger partial charge in [0.25, 0.3) is 5.56 Å². The average molecular weight is 391 g/mol. The third-order valence-corrected chi connectivity index (χ3v) is 5.84. The zero-order valence-corrected chi connectivity index (χ0v) is 16.0. The van der Waals surface area contributed by atoms with Crippen molar-refractivity contribution in [2.24, 2.45) is 0 Å². The van der Waals surface area contributed by atoms with Crippen LogP contribution >= 0.6 is 23.1 Å². The molecule has 2 aromatic heterocycles. The van der Waals surface area contributed by atoms with Crippen LogP contribution in [0.15, 0.2) is 45.7 Å². The van der Waals surface area contributed by atoms with Crippen molar-refractivity contribution < 1.29 is 9.18 Å². The van der Waals surface area contributed by atoms with E-state index in [1.807, 2.05) is 19.2 Å². The molecule has 1 aromatic carbocycles. The van der Waals surface area contributed by atoms with Gasteiger partial charge in [-0.25, -0.2) is 9.37 Å². The molecule has 0 bridgehead atoms. The van der Waals surface area contributed by atoms with Crippen molar-refractivity contribution in [2.75, 3.05) is 11.1 Å². The van der Waals surface area contributed by atoms with Gasteiger partial charge in [0.05, 0.1) is 17.0 Å². The van der Waals surface area contributed by atoms with E-state index in [9.17, 15) is 14.0 Å². The number of amides is 1.